The summed E-state index contributed by atoms with van der Waals surface area (Å²) in [5.41, 5.74) is 0.743. The van der Waals surface area contributed by atoms with Crippen molar-refractivity contribution in [2.75, 3.05) is 19.0 Å². The van der Waals surface area contributed by atoms with Crippen LogP contribution in [0.4, 0.5) is 10.1 Å². The van der Waals surface area contributed by atoms with Gasteiger partial charge in [-0.25, -0.2) is 4.39 Å². The Morgan fingerprint density at radius 2 is 2.28 bits per heavy atom. The van der Waals surface area contributed by atoms with Gasteiger partial charge in [0.1, 0.15) is 0 Å². The normalized spacial score (nSPS) is 14.1. The molecule has 0 spiro atoms. The molecule has 1 fully saturated rings. The number of benzene rings is 1. The number of hydrogen-bond acceptors (Lipinski definition) is 3. The Morgan fingerprint density at radius 1 is 1.50 bits per heavy atom. The van der Waals surface area contributed by atoms with Crippen molar-refractivity contribution in [2.24, 2.45) is 0 Å². The number of ether oxygens (including phenoxy) is 1. The number of carbonyl (C=O) groups is 1. The first-order valence-electron chi connectivity index (χ1n) is 6.06. The van der Waals surface area contributed by atoms with Crippen molar-refractivity contribution >= 4 is 11.6 Å². The second-order valence-electron chi connectivity index (χ2n) is 4.37. The first kappa shape index (κ1) is 12.7. The fourth-order valence-corrected chi connectivity index (χ4v) is 1.62. The highest BCUT2D eigenvalue weighted by molar-refractivity contribution is 5.77. The molecule has 0 saturated heterocycles. The van der Waals surface area contributed by atoms with E-state index in [2.05, 4.69) is 10.6 Å². The summed E-state index contributed by atoms with van der Waals surface area (Å²) in [6.45, 7) is 0.521. The third-order valence-corrected chi connectivity index (χ3v) is 2.77. The predicted octanol–water partition coefficient (Wildman–Crippen LogP) is 1.91. The molecule has 0 unspecified atom stereocenters. The highest BCUT2D eigenvalue weighted by Crippen LogP contribution is 2.21. The third kappa shape index (κ3) is 3.61. The van der Waals surface area contributed by atoms with Gasteiger partial charge in [-0.05, 0) is 25.0 Å². The molecule has 18 heavy (non-hydrogen) atoms. The Kier molecular flexibility index (Phi) is 4.02. The van der Waals surface area contributed by atoms with Crippen molar-refractivity contribution in [1.29, 1.82) is 0 Å². The second kappa shape index (κ2) is 5.71. The molecule has 2 rings (SSSR count). The van der Waals surface area contributed by atoms with Gasteiger partial charge in [0.2, 0.25) is 5.91 Å². The molecule has 2 N–H and O–H groups in total. The standard InChI is InChI=1S/C13H17FN2O2/c1-18-12-8-10(4-5-11(12)14)15-7-6-13(17)16-9-2-3-9/h4-5,8-9,15H,2-3,6-7H2,1H3,(H,16,17). The monoisotopic (exact) mass is 252 g/mol. The van der Waals surface area contributed by atoms with Crippen LogP contribution in [0.2, 0.25) is 0 Å². The topological polar surface area (TPSA) is 50.4 Å². The van der Waals surface area contributed by atoms with E-state index in [0.29, 0.717) is 19.0 Å². The summed E-state index contributed by atoms with van der Waals surface area (Å²) in [6.07, 6.45) is 2.60. The summed E-state index contributed by atoms with van der Waals surface area (Å²) in [5.74, 6) is -0.143. The first-order chi connectivity index (χ1) is 8.69. The maximum Gasteiger partial charge on any atom is 0.221 e. The number of rotatable bonds is 6. The Morgan fingerprint density at radius 3 is 2.94 bits per heavy atom. The molecule has 98 valence electrons. The van der Waals surface area contributed by atoms with Crippen LogP contribution in [-0.4, -0.2) is 25.6 Å². The fraction of sp³-hybridized carbons (Fsp3) is 0.462. The van der Waals surface area contributed by atoms with E-state index in [4.69, 9.17) is 4.74 Å². The molecule has 0 aliphatic heterocycles. The molecule has 0 atom stereocenters. The van der Waals surface area contributed by atoms with Crippen molar-refractivity contribution < 1.29 is 13.9 Å². The average molecular weight is 252 g/mol. The summed E-state index contributed by atoms with van der Waals surface area (Å²) >= 11 is 0. The minimum absolute atomic E-state index is 0.0547. The van der Waals surface area contributed by atoms with Crippen LogP contribution in [0.15, 0.2) is 18.2 Å². The number of halogens is 1. The molecule has 5 heteroatoms. The number of carbonyl (C=O) groups excluding carboxylic acids is 1. The number of amides is 1. The number of anilines is 1. The summed E-state index contributed by atoms with van der Waals surface area (Å²) in [5, 5.41) is 5.97. The van der Waals surface area contributed by atoms with E-state index in [-0.39, 0.29) is 11.7 Å². The molecular weight excluding hydrogens is 235 g/mol. The van der Waals surface area contributed by atoms with E-state index in [1.54, 1.807) is 12.1 Å². The van der Waals surface area contributed by atoms with Crippen LogP contribution in [0.5, 0.6) is 5.75 Å². The zero-order valence-electron chi connectivity index (χ0n) is 10.3. The van der Waals surface area contributed by atoms with Crippen molar-refractivity contribution in [3.05, 3.63) is 24.0 Å². The molecule has 0 aromatic heterocycles. The Bertz CT molecular complexity index is 433. The van der Waals surface area contributed by atoms with Gasteiger partial charge in [-0.1, -0.05) is 0 Å². The maximum atomic E-state index is 13.2. The lowest BCUT2D eigenvalue weighted by Crippen LogP contribution is -2.27. The zero-order valence-corrected chi connectivity index (χ0v) is 10.3. The van der Waals surface area contributed by atoms with Gasteiger partial charge in [0.05, 0.1) is 7.11 Å². The maximum absolute atomic E-state index is 13.2. The van der Waals surface area contributed by atoms with Gasteiger partial charge >= 0.3 is 0 Å². The van der Waals surface area contributed by atoms with Gasteiger partial charge in [0.15, 0.2) is 11.6 Å². The lowest BCUT2D eigenvalue weighted by Gasteiger charge is -2.08. The minimum Gasteiger partial charge on any atom is -0.494 e. The van der Waals surface area contributed by atoms with Crippen LogP contribution < -0.4 is 15.4 Å². The largest absolute Gasteiger partial charge is 0.494 e. The highest BCUT2D eigenvalue weighted by atomic mass is 19.1. The first-order valence-corrected chi connectivity index (χ1v) is 6.06. The van der Waals surface area contributed by atoms with Gasteiger partial charge in [0, 0.05) is 30.8 Å². The molecular formula is C13H17FN2O2. The minimum atomic E-state index is -0.394. The predicted molar refractivity (Wildman–Crippen MR) is 67.2 cm³/mol. The molecule has 0 bridgehead atoms. The second-order valence-corrected chi connectivity index (χ2v) is 4.37. The third-order valence-electron chi connectivity index (χ3n) is 2.77. The van der Waals surface area contributed by atoms with Crippen LogP contribution in [-0.2, 0) is 4.79 Å². The van der Waals surface area contributed by atoms with Gasteiger partial charge in [-0.3, -0.25) is 4.79 Å². The molecule has 1 amide bonds. The lowest BCUT2D eigenvalue weighted by atomic mass is 10.2. The van der Waals surface area contributed by atoms with E-state index >= 15 is 0 Å². The zero-order chi connectivity index (χ0) is 13.0. The quantitative estimate of drug-likeness (QED) is 0.813. The molecule has 4 nitrogen and oxygen atoms in total. The van der Waals surface area contributed by atoms with Gasteiger partial charge in [-0.15, -0.1) is 0 Å². The van der Waals surface area contributed by atoms with Crippen LogP contribution in [0.1, 0.15) is 19.3 Å². The van der Waals surface area contributed by atoms with Crippen molar-refractivity contribution in [2.45, 2.75) is 25.3 Å². The molecule has 1 aliphatic rings. The highest BCUT2D eigenvalue weighted by Gasteiger charge is 2.22. The Hall–Kier alpha value is -1.78. The molecule has 1 aromatic rings. The van der Waals surface area contributed by atoms with E-state index in [9.17, 15) is 9.18 Å². The Balaban J connectivity index is 1.76. The van der Waals surface area contributed by atoms with Gasteiger partial charge < -0.3 is 15.4 Å². The fourth-order valence-electron chi connectivity index (χ4n) is 1.62. The number of hydrogen-bond donors (Lipinski definition) is 2. The molecule has 1 saturated carbocycles. The molecule has 1 aromatic carbocycles. The van der Waals surface area contributed by atoms with Crippen LogP contribution in [0, 0.1) is 5.82 Å². The molecule has 0 heterocycles. The van der Waals surface area contributed by atoms with Crippen LogP contribution in [0.3, 0.4) is 0 Å². The van der Waals surface area contributed by atoms with E-state index in [0.717, 1.165) is 18.5 Å². The average Bonchev–Trinajstić information content (AvgIpc) is 3.15. The lowest BCUT2D eigenvalue weighted by molar-refractivity contribution is -0.120. The van der Waals surface area contributed by atoms with E-state index in [1.165, 1.54) is 13.2 Å². The van der Waals surface area contributed by atoms with Crippen molar-refractivity contribution in [3.8, 4) is 5.75 Å². The summed E-state index contributed by atoms with van der Waals surface area (Å²) in [7, 11) is 1.42. The SMILES string of the molecule is COc1cc(NCCC(=O)NC2CC2)ccc1F. The van der Waals surface area contributed by atoms with Gasteiger partial charge in [0.25, 0.3) is 0 Å². The number of methoxy groups -OCH3 is 1. The van der Waals surface area contributed by atoms with Gasteiger partial charge in [-0.2, -0.15) is 0 Å². The summed E-state index contributed by atoms with van der Waals surface area (Å²) in [6, 6.07) is 4.93. The van der Waals surface area contributed by atoms with E-state index < -0.39 is 5.82 Å². The van der Waals surface area contributed by atoms with Crippen molar-refractivity contribution in [3.63, 3.8) is 0 Å². The smallest absolute Gasteiger partial charge is 0.221 e. The van der Waals surface area contributed by atoms with Crippen molar-refractivity contribution in [1.82, 2.24) is 5.32 Å². The van der Waals surface area contributed by atoms with Crippen LogP contribution in [0.25, 0.3) is 0 Å². The summed E-state index contributed by atoms with van der Waals surface area (Å²) < 4.78 is 18.0. The Labute approximate surface area is 106 Å². The summed E-state index contributed by atoms with van der Waals surface area (Å²) in [4.78, 5) is 11.4. The van der Waals surface area contributed by atoms with Crippen LogP contribution >= 0.6 is 0 Å². The number of nitrogens with one attached hydrogen (secondary N) is 2. The van der Waals surface area contributed by atoms with E-state index in [1.807, 2.05) is 0 Å². The molecule has 1 aliphatic carbocycles. The molecule has 0 radical (unpaired) electrons.